The largest absolute Gasteiger partial charge is 0.508 e. The number of fused-ring (bicyclic) bond motifs is 4. The van der Waals surface area contributed by atoms with Crippen LogP contribution in [0, 0.1) is 11.2 Å². The maximum absolute atomic E-state index is 16.5. The van der Waals surface area contributed by atoms with Crippen LogP contribution >= 0.6 is 0 Å². The summed E-state index contributed by atoms with van der Waals surface area (Å²) in [5, 5.41) is 16.1. The average Bonchev–Trinajstić information content (AvgIpc) is 3.63. The van der Waals surface area contributed by atoms with Crippen LogP contribution < -0.4 is 15.0 Å². The summed E-state index contributed by atoms with van der Waals surface area (Å²) in [6, 6.07) is 11.6. The van der Waals surface area contributed by atoms with Gasteiger partial charge in [0.05, 0.1) is 12.0 Å². The van der Waals surface area contributed by atoms with Gasteiger partial charge in [-0.05, 0) is 62.7 Å². The van der Waals surface area contributed by atoms with Crippen LogP contribution in [-0.2, 0) is 0 Å². The minimum Gasteiger partial charge on any atom is -0.508 e. The zero-order valence-electron chi connectivity index (χ0n) is 22.3. The van der Waals surface area contributed by atoms with Gasteiger partial charge in [-0.3, -0.25) is 4.98 Å². The third-order valence-electron chi connectivity index (χ3n) is 8.49. The first-order valence-corrected chi connectivity index (χ1v) is 13.8. The Morgan fingerprint density at radius 3 is 2.62 bits per heavy atom. The number of hydrogen-bond acceptors (Lipinski definition) is 8. The van der Waals surface area contributed by atoms with Gasteiger partial charge in [0.2, 0.25) is 0 Å². The first-order valence-electron chi connectivity index (χ1n) is 13.8. The van der Waals surface area contributed by atoms with Crippen molar-refractivity contribution in [2.45, 2.75) is 37.8 Å². The Bertz CT molecular complexity index is 1560. The van der Waals surface area contributed by atoms with E-state index in [-0.39, 0.29) is 40.5 Å². The van der Waals surface area contributed by atoms with Crippen molar-refractivity contribution in [2.75, 3.05) is 45.2 Å². The van der Waals surface area contributed by atoms with E-state index < -0.39 is 5.82 Å². The molecule has 3 aliphatic rings. The van der Waals surface area contributed by atoms with Gasteiger partial charge in [0.25, 0.3) is 0 Å². The average molecular weight is 529 g/mol. The van der Waals surface area contributed by atoms with Crippen molar-refractivity contribution >= 4 is 27.5 Å². The number of halogens is 1. The molecular formula is C30H33FN6O2. The first kappa shape index (κ1) is 24.5. The molecule has 2 bridgehead atoms. The van der Waals surface area contributed by atoms with E-state index in [1.807, 2.05) is 24.3 Å². The standard InChI is InChI=1S/C30H33FN6O2/c1-36(2)16-30(9-10-30)17-39-29-34-27-24(28(35-29)37-19-7-8-20(37)14-32-13-19)15-33-26(25(27)31)23-12-21(38)11-18-5-3-4-6-22(18)23/h3-6,11-12,15,19-20,32,38H,7-10,13-14,16-17H2,1-2H3/t19-,20+. The second-order valence-corrected chi connectivity index (χ2v) is 11.7. The number of benzene rings is 2. The number of nitrogens with one attached hydrogen (secondary N) is 1. The highest BCUT2D eigenvalue weighted by atomic mass is 19.1. The van der Waals surface area contributed by atoms with Crippen LogP contribution in [0.5, 0.6) is 11.8 Å². The molecule has 0 amide bonds. The second-order valence-electron chi connectivity index (χ2n) is 11.7. The fraction of sp³-hybridized carbons (Fsp3) is 0.433. The summed E-state index contributed by atoms with van der Waals surface area (Å²) in [7, 11) is 4.14. The maximum atomic E-state index is 16.5. The second kappa shape index (κ2) is 9.27. The predicted molar refractivity (Wildman–Crippen MR) is 150 cm³/mol. The number of pyridine rings is 1. The Kier molecular flexibility index (Phi) is 5.82. The number of hydrogen-bond donors (Lipinski definition) is 2. The molecule has 39 heavy (non-hydrogen) atoms. The Labute approximate surface area is 226 Å². The van der Waals surface area contributed by atoms with Crippen LogP contribution in [0.2, 0.25) is 0 Å². The maximum Gasteiger partial charge on any atom is 0.319 e. The molecule has 1 aliphatic carbocycles. The zero-order chi connectivity index (χ0) is 26.7. The molecule has 7 rings (SSSR count). The van der Waals surface area contributed by atoms with Crippen LogP contribution in [0.4, 0.5) is 10.2 Å². The van der Waals surface area contributed by atoms with Gasteiger partial charge in [-0.15, -0.1) is 0 Å². The number of aromatic hydroxyl groups is 1. The molecule has 2 atom stereocenters. The molecule has 8 nitrogen and oxygen atoms in total. The van der Waals surface area contributed by atoms with E-state index in [1.165, 1.54) is 0 Å². The first-order chi connectivity index (χ1) is 18.9. The van der Waals surface area contributed by atoms with Crippen molar-refractivity contribution < 1.29 is 14.2 Å². The third-order valence-corrected chi connectivity index (χ3v) is 8.49. The summed E-state index contributed by atoms with van der Waals surface area (Å²) in [5.74, 6) is 0.222. The fourth-order valence-electron chi connectivity index (χ4n) is 6.50. The molecule has 1 saturated carbocycles. The molecule has 2 aromatic carbocycles. The fourth-order valence-corrected chi connectivity index (χ4v) is 6.50. The highest BCUT2D eigenvalue weighted by Gasteiger charge is 2.44. The van der Waals surface area contributed by atoms with E-state index >= 15 is 4.39 Å². The van der Waals surface area contributed by atoms with Crippen LogP contribution in [-0.4, -0.2) is 77.4 Å². The van der Waals surface area contributed by atoms with Gasteiger partial charge in [0, 0.05) is 48.9 Å². The van der Waals surface area contributed by atoms with E-state index in [2.05, 4.69) is 39.2 Å². The lowest BCUT2D eigenvalue weighted by molar-refractivity contribution is 0.183. The molecule has 2 saturated heterocycles. The third kappa shape index (κ3) is 4.33. The molecule has 2 N–H and O–H groups in total. The topological polar surface area (TPSA) is 86.6 Å². The van der Waals surface area contributed by atoms with E-state index in [0.717, 1.165) is 56.1 Å². The highest BCUT2D eigenvalue weighted by Crippen LogP contribution is 2.46. The molecule has 0 spiro atoms. The van der Waals surface area contributed by atoms with Crippen molar-refractivity contribution in [1.82, 2.24) is 25.2 Å². The summed E-state index contributed by atoms with van der Waals surface area (Å²) in [6.07, 6.45) is 6.01. The lowest BCUT2D eigenvalue weighted by atomic mass is 10.00. The van der Waals surface area contributed by atoms with Gasteiger partial charge < -0.3 is 25.0 Å². The van der Waals surface area contributed by atoms with E-state index in [9.17, 15) is 5.11 Å². The van der Waals surface area contributed by atoms with Crippen LogP contribution in [0.25, 0.3) is 32.9 Å². The van der Waals surface area contributed by atoms with Crippen molar-refractivity contribution in [1.29, 1.82) is 0 Å². The SMILES string of the molecule is CN(C)CC1(COc2nc(N3[C@@H]4CC[C@H]3CNC4)c3cnc(-c4cc(O)cc5ccccc45)c(F)c3n2)CC1. The molecule has 2 aliphatic heterocycles. The van der Waals surface area contributed by atoms with E-state index in [1.54, 1.807) is 18.3 Å². The normalized spacial score (nSPS) is 21.7. The summed E-state index contributed by atoms with van der Waals surface area (Å²) in [6.45, 7) is 3.17. The van der Waals surface area contributed by atoms with Gasteiger partial charge >= 0.3 is 6.01 Å². The van der Waals surface area contributed by atoms with E-state index in [4.69, 9.17) is 9.72 Å². The minimum atomic E-state index is -0.534. The lowest BCUT2D eigenvalue weighted by Gasteiger charge is -2.36. The van der Waals surface area contributed by atoms with Crippen molar-refractivity contribution in [3.05, 3.63) is 48.4 Å². The molecule has 3 fully saturated rings. The Morgan fingerprint density at radius 1 is 1.10 bits per heavy atom. The molecule has 4 heterocycles. The van der Waals surface area contributed by atoms with Crippen LogP contribution in [0.1, 0.15) is 25.7 Å². The smallest absolute Gasteiger partial charge is 0.319 e. The molecular weight excluding hydrogens is 495 g/mol. The van der Waals surface area contributed by atoms with Crippen molar-refractivity contribution in [2.24, 2.45) is 5.41 Å². The number of ether oxygens (including phenoxy) is 1. The monoisotopic (exact) mass is 528 g/mol. The zero-order valence-corrected chi connectivity index (χ0v) is 22.3. The van der Waals surface area contributed by atoms with Crippen molar-refractivity contribution in [3.63, 3.8) is 0 Å². The Balaban J connectivity index is 1.37. The quantitative estimate of drug-likeness (QED) is 0.366. The summed E-state index contributed by atoms with van der Waals surface area (Å²) >= 11 is 0. The molecule has 9 heteroatoms. The van der Waals surface area contributed by atoms with Gasteiger partial charge in [-0.2, -0.15) is 9.97 Å². The van der Waals surface area contributed by atoms with Crippen molar-refractivity contribution in [3.8, 4) is 23.0 Å². The number of aromatic nitrogens is 3. The highest BCUT2D eigenvalue weighted by molar-refractivity contribution is 6.00. The molecule has 4 aromatic rings. The van der Waals surface area contributed by atoms with Gasteiger partial charge in [-0.25, -0.2) is 4.39 Å². The predicted octanol–water partition coefficient (Wildman–Crippen LogP) is 4.35. The Hall–Kier alpha value is -3.56. The number of piperazine rings is 1. The van der Waals surface area contributed by atoms with E-state index in [0.29, 0.717) is 23.4 Å². The van der Waals surface area contributed by atoms with Crippen LogP contribution in [0.3, 0.4) is 0 Å². The lowest BCUT2D eigenvalue weighted by Crippen LogP contribution is -2.52. The minimum absolute atomic E-state index is 0.0606. The van der Waals surface area contributed by atoms with Gasteiger partial charge in [0.15, 0.2) is 5.82 Å². The van der Waals surface area contributed by atoms with Crippen LogP contribution in [0.15, 0.2) is 42.6 Å². The Morgan fingerprint density at radius 2 is 1.87 bits per heavy atom. The summed E-state index contributed by atoms with van der Waals surface area (Å²) < 4.78 is 22.7. The van der Waals surface area contributed by atoms with Gasteiger partial charge in [0.1, 0.15) is 22.8 Å². The summed E-state index contributed by atoms with van der Waals surface area (Å²) in [5.41, 5.74) is 0.971. The molecule has 2 aromatic heterocycles. The number of anilines is 1. The number of nitrogens with zero attached hydrogens (tertiary/aromatic N) is 5. The molecule has 0 radical (unpaired) electrons. The number of rotatable bonds is 7. The molecule has 0 unspecified atom stereocenters. The van der Waals surface area contributed by atoms with Gasteiger partial charge in [-0.1, -0.05) is 24.3 Å². The number of phenols is 1. The number of phenolic OH excluding ortho intramolecular Hbond substituents is 1. The molecule has 202 valence electrons. The summed E-state index contributed by atoms with van der Waals surface area (Å²) in [4.78, 5) is 18.6.